The number of amides is 2. The third-order valence-electron chi connectivity index (χ3n) is 5.35. The van der Waals surface area contributed by atoms with Gasteiger partial charge in [0, 0.05) is 15.6 Å². The van der Waals surface area contributed by atoms with Gasteiger partial charge < -0.3 is 5.32 Å². The number of halogens is 1. The molecule has 0 unspecified atom stereocenters. The van der Waals surface area contributed by atoms with Crippen LogP contribution in [0, 0.1) is 0 Å². The number of thiophene rings is 1. The van der Waals surface area contributed by atoms with E-state index in [-0.39, 0.29) is 12.5 Å². The van der Waals surface area contributed by atoms with Gasteiger partial charge >= 0.3 is 0 Å². The van der Waals surface area contributed by atoms with Crippen molar-refractivity contribution in [1.82, 2.24) is 10.7 Å². The lowest BCUT2D eigenvalue weighted by molar-refractivity contribution is -0.120. The molecule has 5 aromatic rings. The van der Waals surface area contributed by atoms with Gasteiger partial charge in [0.25, 0.3) is 11.8 Å². The first-order chi connectivity index (χ1) is 16.1. The van der Waals surface area contributed by atoms with Gasteiger partial charge in [-0.05, 0) is 33.7 Å². The Balaban J connectivity index is 1.29. The maximum atomic E-state index is 12.5. The molecule has 0 aliphatic heterocycles. The van der Waals surface area contributed by atoms with E-state index >= 15 is 0 Å². The average molecular weight is 472 g/mol. The van der Waals surface area contributed by atoms with Crippen LogP contribution in [-0.4, -0.2) is 24.6 Å². The van der Waals surface area contributed by atoms with Crippen LogP contribution in [0.2, 0.25) is 5.02 Å². The van der Waals surface area contributed by atoms with Gasteiger partial charge in [-0.25, -0.2) is 5.43 Å². The first kappa shape index (κ1) is 21.1. The van der Waals surface area contributed by atoms with Crippen LogP contribution in [0.3, 0.4) is 0 Å². The second-order valence-corrected chi connectivity index (χ2v) is 8.88. The zero-order valence-corrected chi connectivity index (χ0v) is 18.9. The fourth-order valence-corrected chi connectivity index (χ4v) is 5.23. The van der Waals surface area contributed by atoms with Crippen LogP contribution in [0.1, 0.15) is 15.2 Å². The minimum absolute atomic E-state index is 0.211. The van der Waals surface area contributed by atoms with E-state index in [1.807, 2.05) is 72.8 Å². The van der Waals surface area contributed by atoms with Gasteiger partial charge in [-0.1, -0.05) is 78.3 Å². The highest BCUT2D eigenvalue weighted by Gasteiger charge is 2.17. The molecule has 2 N–H and O–H groups in total. The number of hydrogen-bond acceptors (Lipinski definition) is 4. The van der Waals surface area contributed by atoms with E-state index in [1.165, 1.54) is 11.3 Å². The van der Waals surface area contributed by atoms with E-state index in [2.05, 4.69) is 21.9 Å². The summed E-state index contributed by atoms with van der Waals surface area (Å²) in [5.74, 6) is -0.818. The lowest BCUT2D eigenvalue weighted by atomic mass is 9.97. The van der Waals surface area contributed by atoms with E-state index in [1.54, 1.807) is 6.21 Å². The predicted octanol–water partition coefficient (Wildman–Crippen LogP) is 5.74. The van der Waals surface area contributed by atoms with Crippen molar-refractivity contribution in [2.75, 3.05) is 6.54 Å². The molecule has 7 heteroatoms. The molecule has 5 nitrogen and oxygen atoms in total. The highest BCUT2D eigenvalue weighted by Crippen LogP contribution is 2.35. The molecular formula is C26H18ClN3O2S. The van der Waals surface area contributed by atoms with E-state index in [4.69, 9.17) is 11.6 Å². The van der Waals surface area contributed by atoms with Gasteiger partial charge in [-0.15, -0.1) is 11.3 Å². The van der Waals surface area contributed by atoms with Crippen molar-refractivity contribution in [3.8, 4) is 0 Å². The molecule has 33 heavy (non-hydrogen) atoms. The number of benzene rings is 4. The third kappa shape index (κ3) is 4.18. The van der Waals surface area contributed by atoms with Crippen LogP contribution < -0.4 is 10.7 Å². The van der Waals surface area contributed by atoms with Crippen molar-refractivity contribution in [3.63, 3.8) is 0 Å². The normalized spacial score (nSPS) is 11.4. The van der Waals surface area contributed by atoms with Crippen LogP contribution in [0.4, 0.5) is 0 Å². The number of nitrogens with one attached hydrogen (secondary N) is 2. The second kappa shape index (κ2) is 9.02. The number of hydrazone groups is 1. The monoisotopic (exact) mass is 471 g/mol. The van der Waals surface area contributed by atoms with Gasteiger partial charge in [-0.2, -0.15) is 5.10 Å². The molecule has 162 valence electrons. The number of nitrogens with zero attached hydrogens (tertiary/aromatic N) is 1. The highest BCUT2D eigenvalue weighted by molar-refractivity contribution is 7.21. The van der Waals surface area contributed by atoms with Gasteiger partial charge in [0.2, 0.25) is 0 Å². The summed E-state index contributed by atoms with van der Waals surface area (Å²) >= 11 is 7.64. The standard InChI is InChI=1S/C26H18ClN3O2S/c27-24-20-11-5-6-12-22(20)33-25(24)26(32)28-15-23(31)30-29-14-21-18-9-3-1-7-16(18)13-17-8-2-4-10-19(17)21/h1-14H,15H2,(H,28,32)(H,30,31). The molecule has 0 spiro atoms. The van der Waals surface area contributed by atoms with Crippen LogP contribution in [0.25, 0.3) is 31.6 Å². The van der Waals surface area contributed by atoms with E-state index in [9.17, 15) is 9.59 Å². The third-order valence-corrected chi connectivity index (χ3v) is 7.02. The molecule has 0 saturated heterocycles. The molecule has 0 saturated carbocycles. The van der Waals surface area contributed by atoms with Crippen molar-refractivity contribution < 1.29 is 9.59 Å². The Hall–Kier alpha value is -3.74. The molecule has 0 bridgehead atoms. The van der Waals surface area contributed by atoms with Crippen LogP contribution >= 0.6 is 22.9 Å². The Kier molecular flexibility index (Phi) is 5.77. The number of rotatable bonds is 5. The average Bonchev–Trinajstić information content (AvgIpc) is 3.18. The SMILES string of the molecule is O=C(CNC(=O)c1sc2ccccc2c1Cl)NN=Cc1c2ccccc2cc2ccccc12. The molecule has 4 aromatic carbocycles. The summed E-state index contributed by atoms with van der Waals surface area (Å²) in [7, 11) is 0. The molecule has 0 radical (unpaired) electrons. The lowest BCUT2D eigenvalue weighted by Crippen LogP contribution is -2.34. The number of hydrogen-bond donors (Lipinski definition) is 2. The summed E-state index contributed by atoms with van der Waals surface area (Å²) in [4.78, 5) is 25.2. The van der Waals surface area contributed by atoms with Crippen molar-refractivity contribution in [2.24, 2.45) is 5.10 Å². The minimum atomic E-state index is -0.429. The fourth-order valence-electron chi connectivity index (χ4n) is 3.80. The zero-order valence-electron chi connectivity index (χ0n) is 17.3. The molecule has 0 atom stereocenters. The summed E-state index contributed by atoms with van der Waals surface area (Å²) < 4.78 is 0.920. The number of carbonyl (C=O) groups is 2. The summed E-state index contributed by atoms with van der Waals surface area (Å²) in [6.07, 6.45) is 1.65. The van der Waals surface area contributed by atoms with E-state index < -0.39 is 5.91 Å². The topological polar surface area (TPSA) is 70.6 Å². The zero-order chi connectivity index (χ0) is 22.8. The molecule has 1 aromatic heterocycles. The van der Waals surface area contributed by atoms with Gasteiger partial charge in [-0.3, -0.25) is 9.59 Å². The molecule has 5 rings (SSSR count). The van der Waals surface area contributed by atoms with Crippen molar-refractivity contribution in [3.05, 3.63) is 94.3 Å². The van der Waals surface area contributed by atoms with Crippen LogP contribution in [0.5, 0.6) is 0 Å². The molecule has 0 aliphatic carbocycles. The predicted molar refractivity (Wildman–Crippen MR) is 136 cm³/mol. The molecular weight excluding hydrogens is 454 g/mol. The summed E-state index contributed by atoms with van der Waals surface area (Å²) in [6, 6.07) is 25.7. The van der Waals surface area contributed by atoms with E-state index in [0.29, 0.717) is 9.90 Å². The largest absolute Gasteiger partial charge is 0.342 e. The van der Waals surface area contributed by atoms with Gasteiger partial charge in [0.1, 0.15) is 4.88 Å². The van der Waals surface area contributed by atoms with Crippen molar-refractivity contribution >= 4 is 72.6 Å². The summed E-state index contributed by atoms with van der Waals surface area (Å²) in [5, 5.41) is 12.3. The first-order valence-electron chi connectivity index (χ1n) is 10.3. The minimum Gasteiger partial charge on any atom is -0.342 e. The van der Waals surface area contributed by atoms with Crippen LogP contribution in [-0.2, 0) is 4.79 Å². The Labute approximate surface area is 198 Å². The Morgan fingerprint density at radius 2 is 1.48 bits per heavy atom. The quantitative estimate of drug-likeness (QED) is 0.195. The first-order valence-corrected chi connectivity index (χ1v) is 11.5. The van der Waals surface area contributed by atoms with Gasteiger partial charge in [0.05, 0.1) is 17.8 Å². The number of fused-ring (bicyclic) bond motifs is 3. The Morgan fingerprint density at radius 3 is 2.15 bits per heavy atom. The second-order valence-electron chi connectivity index (χ2n) is 7.45. The van der Waals surface area contributed by atoms with Crippen molar-refractivity contribution in [2.45, 2.75) is 0 Å². The summed E-state index contributed by atoms with van der Waals surface area (Å²) in [6.45, 7) is -0.211. The molecule has 2 amide bonds. The van der Waals surface area contributed by atoms with E-state index in [0.717, 1.165) is 37.2 Å². The smallest absolute Gasteiger partial charge is 0.263 e. The Morgan fingerprint density at radius 1 is 0.879 bits per heavy atom. The highest BCUT2D eigenvalue weighted by atomic mass is 35.5. The molecule has 1 heterocycles. The lowest BCUT2D eigenvalue weighted by Gasteiger charge is -2.08. The van der Waals surface area contributed by atoms with Gasteiger partial charge in [0.15, 0.2) is 0 Å². The van der Waals surface area contributed by atoms with Crippen molar-refractivity contribution in [1.29, 1.82) is 0 Å². The summed E-state index contributed by atoms with van der Waals surface area (Å²) in [5.41, 5.74) is 3.42. The maximum absolute atomic E-state index is 12.5. The molecule has 0 fully saturated rings. The maximum Gasteiger partial charge on any atom is 0.263 e. The van der Waals surface area contributed by atoms with Crippen LogP contribution in [0.15, 0.2) is 84.0 Å². The molecule has 0 aliphatic rings. The number of carbonyl (C=O) groups excluding carboxylic acids is 2. The Bertz CT molecular complexity index is 1500. The fraction of sp³-hybridized carbons (Fsp3) is 0.0385.